The van der Waals surface area contributed by atoms with Gasteiger partial charge in [0, 0.05) is 11.9 Å². The first-order valence-corrected chi connectivity index (χ1v) is 10.1. The number of aryl methyl sites for hydroxylation is 2. The first kappa shape index (κ1) is 22.0. The van der Waals surface area contributed by atoms with Crippen molar-refractivity contribution in [3.05, 3.63) is 69.6 Å². The number of fused-ring (bicyclic) bond motifs is 1. The van der Waals surface area contributed by atoms with Gasteiger partial charge in [-0.2, -0.15) is 5.10 Å². The van der Waals surface area contributed by atoms with Crippen molar-refractivity contribution < 1.29 is 14.3 Å². The van der Waals surface area contributed by atoms with Gasteiger partial charge >= 0.3 is 0 Å². The zero-order chi connectivity index (χ0) is 22.5. The standard InChI is InChI=1S/C23H26N4O4/c1-5-27-23(30)18-9-7-6-8-17(18)21(26-27)22(29)25-24-20(28)13-31-19-12-16(14(2)3)11-10-15(19)4/h6-12,14H,5,13H2,1-4H3,(H,24,28)(H,25,29). The quantitative estimate of drug-likeness (QED) is 0.595. The lowest BCUT2D eigenvalue weighted by atomic mass is 10.0. The monoisotopic (exact) mass is 422 g/mol. The van der Waals surface area contributed by atoms with E-state index in [0.29, 0.717) is 29.0 Å². The Hall–Kier alpha value is -3.68. The number of nitrogens with zero attached hydrogens (tertiary/aromatic N) is 2. The van der Waals surface area contributed by atoms with Crippen molar-refractivity contribution in [1.82, 2.24) is 20.6 Å². The summed E-state index contributed by atoms with van der Waals surface area (Å²) in [5.74, 6) is -0.180. The van der Waals surface area contributed by atoms with Crippen LogP contribution in [0.3, 0.4) is 0 Å². The van der Waals surface area contributed by atoms with Gasteiger partial charge in [-0.05, 0) is 43.0 Å². The van der Waals surface area contributed by atoms with Crippen molar-refractivity contribution >= 4 is 22.6 Å². The molecule has 0 radical (unpaired) electrons. The average Bonchev–Trinajstić information content (AvgIpc) is 2.77. The number of aromatic nitrogens is 2. The Morgan fingerprint density at radius 2 is 1.81 bits per heavy atom. The lowest BCUT2D eigenvalue weighted by Gasteiger charge is -2.13. The van der Waals surface area contributed by atoms with Crippen molar-refractivity contribution in [1.29, 1.82) is 0 Å². The Balaban J connectivity index is 1.68. The molecule has 2 N–H and O–H groups in total. The van der Waals surface area contributed by atoms with E-state index in [2.05, 4.69) is 29.8 Å². The summed E-state index contributed by atoms with van der Waals surface area (Å²) in [4.78, 5) is 37.2. The molecule has 8 heteroatoms. The van der Waals surface area contributed by atoms with Crippen LogP contribution < -0.4 is 21.1 Å². The van der Waals surface area contributed by atoms with Crippen molar-refractivity contribution in [2.24, 2.45) is 0 Å². The summed E-state index contributed by atoms with van der Waals surface area (Å²) in [6, 6.07) is 12.6. The number of ether oxygens (including phenoxy) is 1. The van der Waals surface area contributed by atoms with Crippen LogP contribution in [0.5, 0.6) is 5.75 Å². The average molecular weight is 422 g/mol. The topological polar surface area (TPSA) is 102 Å². The van der Waals surface area contributed by atoms with Gasteiger partial charge in [0.2, 0.25) is 0 Å². The number of hydrazine groups is 1. The van der Waals surface area contributed by atoms with Gasteiger partial charge in [-0.25, -0.2) is 4.68 Å². The number of carbonyl (C=O) groups excluding carboxylic acids is 2. The van der Waals surface area contributed by atoms with Gasteiger partial charge < -0.3 is 4.74 Å². The lowest BCUT2D eigenvalue weighted by molar-refractivity contribution is -0.123. The molecule has 31 heavy (non-hydrogen) atoms. The SMILES string of the molecule is CCn1nc(C(=O)NNC(=O)COc2cc(C(C)C)ccc2C)c2ccccc2c1=O. The molecule has 0 aliphatic heterocycles. The molecule has 0 bridgehead atoms. The molecule has 3 rings (SSSR count). The molecule has 0 saturated carbocycles. The highest BCUT2D eigenvalue weighted by atomic mass is 16.5. The van der Waals surface area contributed by atoms with E-state index in [-0.39, 0.29) is 17.9 Å². The molecule has 8 nitrogen and oxygen atoms in total. The highest BCUT2D eigenvalue weighted by Crippen LogP contribution is 2.24. The minimum atomic E-state index is -0.621. The van der Waals surface area contributed by atoms with E-state index < -0.39 is 11.8 Å². The molecule has 2 amide bonds. The van der Waals surface area contributed by atoms with Crippen LogP contribution >= 0.6 is 0 Å². The van der Waals surface area contributed by atoms with Crippen LogP contribution in [0.1, 0.15) is 48.3 Å². The summed E-state index contributed by atoms with van der Waals surface area (Å²) in [5, 5.41) is 4.94. The molecular weight excluding hydrogens is 396 g/mol. The third-order valence-electron chi connectivity index (χ3n) is 4.94. The molecule has 162 valence electrons. The van der Waals surface area contributed by atoms with Crippen molar-refractivity contribution in [3.63, 3.8) is 0 Å². The van der Waals surface area contributed by atoms with Crippen molar-refractivity contribution in [2.45, 2.75) is 40.2 Å². The maximum atomic E-state index is 12.6. The molecule has 1 aromatic heterocycles. The zero-order valence-electron chi connectivity index (χ0n) is 18.1. The van der Waals surface area contributed by atoms with Gasteiger partial charge in [-0.3, -0.25) is 25.2 Å². The molecular formula is C23H26N4O4. The van der Waals surface area contributed by atoms with Gasteiger partial charge in [-0.15, -0.1) is 0 Å². The summed E-state index contributed by atoms with van der Waals surface area (Å²) >= 11 is 0. The molecule has 0 atom stereocenters. The summed E-state index contributed by atoms with van der Waals surface area (Å²) < 4.78 is 6.84. The van der Waals surface area contributed by atoms with Crippen LogP contribution in [0.2, 0.25) is 0 Å². The van der Waals surface area contributed by atoms with E-state index in [0.717, 1.165) is 11.1 Å². The van der Waals surface area contributed by atoms with Crippen molar-refractivity contribution in [2.75, 3.05) is 6.61 Å². The number of hydrogen-bond donors (Lipinski definition) is 2. The molecule has 3 aromatic rings. The van der Waals surface area contributed by atoms with E-state index in [4.69, 9.17) is 4.74 Å². The third-order valence-corrected chi connectivity index (χ3v) is 4.94. The molecule has 0 aliphatic carbocycles. The normalized spacial score (nSPS) is 10.9. The number of amides is 2. The molecule has 0 aliphatic rings. The molecule has 1 heterocycles. The first-order valence-electron chi connectivity index (χ1n) is 10.1. The Morgan fingerprint density at radius 3 is 2.48 bits per heavy atom. The van der Waals surface area contributed by atoms with Crippen LogP contribution in [0.15, 0.2) is 47.3 Å². The fraction of sp³-hybridized carbons (Fsp3) is 0.304. The highest BCUT2D eigenvalue weighted by Gasteiger charge is 2.17. The van der Waals surface area contributed by atoms with Crippen LogP contribution in [-0.2, 0) is 11.3 Å². The van der Waals surface area contributed by atoms with Gasteiger partial charge in [0.1, 0.15) is 5.75 Å². The summed E-state index contributed by atoms with van der Waals surface area (Å²) in [6.45, 7) is 7.88. The second-order valence-corrected chi connectivity index (χ2v) is 7.49. The fourth-order valence-corrected chi connectivity index (χ4v) is 3.11. The lowest BCUT2D eigenvalue weighted by Crippen LogP contribution is -2.44. The number of rotatable bonds is 6. The highest BCUT2D eigenvalue weighted by molar-refractivity contribution is 6.05. The molecule has 0 spiro atoms. The Kier molecular flexibility index (Phi) is 6.69. The summed E-state index contributed by atoms with van der Waals surface area (Å²) in [6.07, 6.45) is 0. The van der Waals surface area contributed by atoms with E-state index in [9.17, 15) is 14.4 Å². The maximum Gasteiger partial charge on any atom is 0.290 e. The van der Waals surface area contributed by atoms with Gasteiger partial charge in [-0.1, -0.05) is 44.2 Å². The van der Waals surface area contributed by atoms with E-state index in [1.54, 1.807) is 31.2 Å². The van der Waals surface area contributed by atoms with E-state index >= 15 is 0 Å². The van der Waals surface area contributed by atoms with Crippen LogP contribution in [-0.4, -0.2) is 28.2 Å². The fourth-order valence-electron chi connectivity index (χ4n) is 3.11. The number of hydrogen-bond acceptors (Lipinski definition) is 5. The number of benzene rings is 2. The zero-order valence-corrected chi connectivity index (χ0v) is 18.1. The molecule has 0 saturated heterocycles. The largest absolute Gasteiger partial charge is 0.483 e. The van der Waals surface area contributed by atoms with Crippen LogP contribution in [0.4, 0.5) is 0 Å². The first-order chi connectivity index (χ1) is 14.8. The number of carbonyl (C=O) groups is 2. The maximum absolute atomic E-state index is 12.6. The van der Waals surface area contributed by atoms with Gasteiger partial charge in [0.25, 0.3) is 17.4 Å². The second kappa shape index (κ2) is 9.42. The van der Waals surface area contributed by atoms with Crippen molar-refractivity contribution in [3.8, 4) is 5.75 Å². The van der Waals surface area contributed by atoms with Gasteiger partial charge in [0.15, 0.2) is 12.3 Å². The number of nitrogens with one attached hydrogen (secondary N) is 2. The third kappa shape index (κ3) is 4.91. The Bertz CT molecular complexity index is 1180. The van der Waals surface area contributed by atoms with E-state index in [1.165, 1.54) is 4.68 Å². The smallest absolute Gasteiger partial charge is 0.290 e. The summed E-state index contributed by atoms with van der Waals surface area (Å²) in [7, 11) is 0. The summed E-state index contributed by atoms with van der Waals surface area (Å²) in [5.41, 5.74) is 6.49. The van der Waals surface area contributed by atoms with Crippen LogP contribution in [0.25, 0.3) is 10.8 Å². The Morgan fingerprint density at radius 1 is 1.10 bits per heavy atom. The van der Waals surface area contributed by atoms with Crippen LogP contribution in [0, 0.1) is 6.92 Å². The second-order valence-electron chi connectivity index (χ2n) is 7.49. The minimum absolute atomic E-state index is 0.0544. The van der Waals surface area contributed by atoms with E-state index in [1.807, 2.05) is 25.1 Å². The minimum Gasteiger partial charge on any atom is -0.483 e. The Labute approximate surface area is 180 Å². The molecule has 0 fully saturated rings. The predicted octanol–water partition coefficient (Wildman–Crippen LogP) is 2.69. The van der Waals surface area contributed by atoms with Gasteiger partial charge in [0.05, 0.1) is 5.39 Å². The molecule has 2 aromatic carbocycles. The predicted molar refractivity (Wildman–Crippen MR) is 118 cm³/mol. The molecule has 0 unspecified atom stereocenters.